The Morgan fingerprint density at radius 2 is 1.61 bits per heavy atom. The number of carboxylic acid groups (broad SMARTS) is 1. The van der Waals surface area contributed by atoms with Gasteiger partial charge in [-0.1, -0.05) is 26.0 Å². The zero-order chi connectivity index (χ0) is 33.2. The molecule has 3 aromatic carbocycles. The molecular weight excluding hydrogens is 571 g/mol. The Kier molecular flexibility index (Phi) is 12.6. The van der Waals surface area contributed by atoms with Gasteiger partial charge in [0.1, 0.15) is 35.2 Å². The van der Waals surface area contributed by atoms with Gasteiger partial charge < -0.3 is 34.3 Å². The van der Waals surface area contributed by atoms with Crippen LogP contribution in [-0.4, -0.2) is 56.4 Å². The number of carboxylic acids is 1. The Morgan fingerprint density at radius 3 is 2.23 bits per heavy atom. The molecule has 0 aliphatic carbocycles. The van der Waals surface area contributed by atoms with Crippen molar-refractivity contribution in [2.45, 2.75) is 53.7 Å². The lowest BCUT2D eigenvalue weighted by Crippen LogP contribution is -2.52. The van der Waals surface area contributed by atoms with E-state index in [1.54, 1.807) is 30.1 Å². The predicted molar refractivity (Wildman–Crippen MR) is 167 cm³/mol. The number of nitrogens with zero attached hydrogens (tertiary/aromatic N) is 1. The molecule has 238 valence electrons. The average molecular weight is 613 g/mol. The summed E-state index contributed by atoms with van der Waals surface area (Å²) in [6.07, 6.45) is 0. The van der Waals surface area contributed by atoms with Crippen molar-refractivity contribution in [3.8, 4) is 28.4 Å². The lowest BCUT2D eigenvalue weighted by Gasteiger charge is -2.39. The molecule has 2 N–H and O–H groups in total. The number of carbonyl (C=O) groups excluding carboxylic acids is 2. The number of fused-ring (bicyclic) bond motifs is 1. The van der Waals surface area contributed by atoms with Gasteiger partial charge in [0.2, 0.25) is 0 Å². The van der Waals surface area contributed by atoms with Crippen LogP contribution in [0.25, 0.3) is 11.1 Å². The number of benzene rings is 3. The maximum absolute atomic E-state index is 14.0. The molecule has 11 heteroatoms. The predicted octanol–water partition coefficient (Wildman–Crippen LogP) is 6.22. The van der Waals surface area contributed by atoms with Gasteiger partial charge in [0.25, 0.3) is 11.9 Å². The number of hydrogen-bond acceptors (Lipinski definition) is 8. The van der Waals surface area contributed by atoms with Crippen LogP contribution in [0.2, 0.25) is 0 Å². The second-order valence-electron chi connectivity index (χ2n) is 10.0. The van der Waals surface area contributed by atoms with Crippen LogP contribution in [0.15, 0.2) is 48.5 Å². The molecule has 3 aromatic rings. The molecular formula is C33H41FN2O8. The number of carbonyl (C=O) groups is 3. The minimum Gasteiger partial charge on any atom is -0.496 e. The Hall–Kier alpha value is -4.80. The van der Waals surface area contributed by atoms with Gasteiger partial charge in [0.05, 0.1) is 25.6 Å². The summed E-state index contributed by atoms with van der Waals surface area (Å²) >= 11 is 0. The second kappa shape index (κ2) is 15.6. The van der Waals surface area contributed by atoms with Crippen LogP contribution in [0.5, 0.6) is 17.2 Å². The number of aliphatic carboxylic acids is 1. The van der Waals surface area contributed by atoms with Crippen molar-refractivity contribution in [3.05, 3.63) is 65.5 Å². The van der Waals surface area contributed by atoms with E-state index in [0.717, 1.165) is 29.3 Å². The van der Waals surface area contributed by atoms with Crippen LogP contribution in [0.4, 0.5) is 15.8 Å². The van der Waals surface area contributed by atoms with Gasteiger partial charge in [-0.25, -0.2) is 9.18 Å². The lowest BCUT2D eigenvalue weighted by molar-refractivity contribution is -0.143. The van der Waals surface area contributed by atoms with Gasteiger partial charge >= 0.3 is 5.97 Å². The van der Waals surface area contributed by atoms with Crippen molar-refractivity contribution in [1.29, 1.82) is 0 Å². The molecule has 10 nitrogen and oxygen atoms in total. The van der Waals surface area contributed by atoms with Gasteiger partial charge in [-0.2, -0.15) is 0 Å². The number of ether oxygens (including phenoxy) is 4. The average Bonchev–Trinajstić information content (AvgIpc) is 2.99. The van der Waals surface area contributed by atoms with E-state index in [4.69, 9.17) is 24.1 Å². The molecule has 1 amide bonds. The quantitative estimate of drug-likeness (QED) is 0.285. The number of likely N-dealkylation sites (N-methyl/N-ethyl adjacent to an activating group) is 1. The van der Waals surface area contributed by atoms with Crippen molar-refractivity contribution in [1.82, 2.24) is 0 Å². The van der Waals surface area contributed by atoms with Crippen molar-refractivity contribution in [2.75, 3.05) is 38.1 Å². The fourth-order valence-corrected chi connectivity index (χ4v) is 4.49. The molecule has 0 saturated heterocycles. The van der Waals surface area contributed by atoms with Gasteiger partial charge in [-0.05, 0) is 56.2 Å². The number of hydrogen-bond donors (Lipinski definition) is 2. The van der Waals surface area contributed by atoms with E-state index in [1.807, 2.05) is 52.8 Å². The number of halogens is 1. The summed E-state index contributed by atoms with van der Waals surface area (Å²) in [5.74, 6) is -0.515. The van der Waals surface area contributed by atoms with Crippen LogP contribution < -0.4 is 24.4 Å². The Morgan fingerprint density at radius 1 is 0.977 bits per heavy atom. The molecule has 0 spiro atoms. The van der Waals surface area contributed by atoms with Gasteiger partial charge in [0, 0.05) is 37.2 Å². The monoisotopic (exact) mass is 612 g/mol. The van der Waals surface area contributed by atoms with E-state index >= 15 is 0 Å². The minimum absolute atomic E-state index is 0.0618. The van der Waals surface area contributed by atoms with E-state index in [-0.39, 0.29) is 19.1 Å². The second-order valence-corrected chi connectivity index (χ2v) is 10.0. The summed E-state index contributed by atoms with van der Waals surface area (Å²) in [5, 5.41) is 10.7. The Labute approximate surface area is 257 Å². The summed E-state index contributed by atoms with van der Waals surface area (Å²) in [6.45, 7) is 10.4. The number of anilines is 2. The van der Waals surface area contributed by atoms with Crippen molar-refractivity contribution in [2.24, 2.45) is 0 Å². The van der Waals surface area contributed by atoms with E-state index in [1.165, 1.54) is 26.4 Å². The summed E-state index contributed by atoms with van der Waals surface area (Å²) in [5.41, 5.74) is 3.62. The molecule has 0 bridgehead atoms. The SMILES string of the molecule is CC.CC(=O)O.COC(=O)COc1ccc(-c2ccc3c(c2COc2cc(F)ccc2C)N(C)C(=O)C(C)(C)N3)c(OC)c1. The van der Waals surface area contributed by atoms with Crippen LogP contribution >= 0.6 is 0 Å². The third-order valence-electron chi connectivity index (χ3n) is 6.47. The minimum atomic E-state index is -0.833. The smallest absolute Gasteiger partial charge is 0.343 e. The van der Waals surface area contributed by atoms with Crippen molar-refractivity contribution >= 4 is 29.2 Å². The van der Waals surface area contributed by atoms with E-state index in [9.17, 15) is 14.0 Å². The zero-order valence-electron chi connectivity index (χ0n) is 26.7. The standard InChI is InChI=1S/C29H31FN2O6.C2H4O2.C2H6/c1-17-7-8-18(30)13-24(17)38-15-22-20(11-12-23-27(22)32(4)28(34)29(2,3)31-23)21-10-9-19(14-25(21)35-5)37-16-26(33)36-6;1-2(3)4;1-2/h7-14,31H,15-16H2,1-6H3;1H3,(H,3,4);1-2H3. The number of rotatable bonds is 8. The molecule has 0 aromatic heterocycles. The summed E-state index contributed by atoms with van der Waals surface area (Å²) < 4.78 is 35.9. The molecule has 0 fully saturated rings. The van der Waals surface area contributed by atoms with Gasteiger partial charge in [0.15, 0.2) is 6.61 Å². The lowest BCUT2D eigenvalue weighted by atomic mass is 9.91. The number of amides is 1. The molecule has 0 atom stereocenters. The summed E-state index contributed by atoms with van der Waals surface area (Å²) in [6, 6.07) is 13.4. The van der Waals surface area contributed by atoms with Gasteiger partial charge in [-0.3, -0.25) is 9.59 Å². The van der Waals surface area contributed by atoms with E-state index in [0.29, 0.717) is 28.5 Å². The molecule has 1 aliphatic rings. The fourth-order valence-electron chi connectivity index (χ4n) is 4.49. The highest BCUT2D eigenvalue weighted by atomic mass is 19.1. The zero-order valence-corrected chi connectivity index (χ0v) is 26.7. The molecule has 1 heterocycles. The third kappa shape index (κ3) is 8.62. The molecule has 1 aliphatic heterocycles. The first-order chi connectivity index (χ1) is 20.8. The Balaban J connectivity index is 0.00000104. The highest BCUT2D eigenvalue weighted by Gasteiger charge is 2.38. The van der Waals surface area contributed by atoms with Crippen LogP contribution in [0.1, 0.15) is 45.7 Å². The number of nitrogens with one attached hydrogen (secondary N) is 1. The van der Waals surface area contributed by atoms with Gasteiger partial charge in [-0.15, -0.1) is 0 Å². The topological polar surface area (TPSA) is 124 Å². The highest BCUT2D eigenvalue weighted by molar-refractivity contribution is 6.08. The molecule has 44 heavy (non-hydrogen) atoms. The normalized spacial score (nSPS) is 12.7. The molecule has 0 unspecified atom stereocenters. The number of methoxy groups -OCH3 is 2. The highest BCUT2D eigenvalue weighted by Crippen LogP contribution is 2.45. The van der Waals surface area contributed by atoms with E-state index in [2.05, 4.69) is 10.1 Å². The largest absolute Gasteiger partial charge is 0.496 e. The Bertz CT molecular complexity index is 1480. The van der Waals surface area contributed by atoms with Crippen molar-refractivity contribution < 1.29 is 42.8 Å². The number of esters is 1. The van der Waals surface area contributed by atoms with Crippen LogP contribution in [-0.2, 0) is 25.7 Å². The first-order valence-electron chi connectivity index (χ1n) is 14.0. The molecule has 0 radical (unpaired) electrons. The number of aryl methyl sites for hydroxylation is 1. The van der Waals surface area contributed by atoms with Crippen molar-refractivity contribution in [3.63, 3.8) is 0 Å². The first kappa shape index (κ1) is 35.4. The third-order valence-corrected chi connectivity index (χ3v) is 6.47. The molecule has 4 rings (SSSR count). The van der Waals surface area contributed by atoms with Crippen LogP contribution in [0.3, 0.4) is 0 Å². The van der Waals surface area contributed by atoms with Crippen LogP contribution in [0, 0.1) is 12.7 Å². The fraction of sp³-hybridized carbons (Fsp3) is 0.364. The summed E-state index contributed by atoms with van der Waals surface area (Å²) in [4.78, 5) is 35.3. The summed E-state index contributed by atoms with van der Waals surface area (Å²) in [7, 11) is 4.55. The van der Waals surface area contributed by atoms with E-state index < -0.39 is 23.3 Å². The molecule has 0 saturated carbocycles. The maximum Gasteiger partial charge on any atom is 0.343 e. The first-order valence-corrected chi connectivity index (χ1v) is 14.0. The maximum atomic E-state index is 14.0.